The van der Waals surface area contributed by atoms with Gasteiger partial charge in [0.2, 0.25) is 0 Å². The van der Waals surface area contributed by atoms with Gasteiger partial charge in [0.1, 0.15) is 5.82 Å². The van der Waals surface area contributed by atoms with Crippen LogP contribution in [0.15, 0.2) is 23.0 Å². The van der Waals surface area contributed by atoms with Crippen molar-refractivity contribution < 1.29 is 9.13 Å². The maximum absolute atomic E-state index is 12.9. The van der Waals surface area contributed by atoms with Gasteiger partial charge in [-0.2, -0.15) is 0 Å². The maximum Gasteiger partial charge on any atom is 0.326 e. The zero-order valence-corrected chi connectivity index (χ0v) is 9.00. The van der Waals surface area contributed by atoms with Gasteiger partial charge in [0, 0.05) is 20.3 Å². The number of nitrogens with one attached hydrogen (secondary N) is 1. The zero-order valence-electron chi connectivity index (χ0n) is 9.00. The summed E-state index contributed by atoms with van der Waals surface area (Å²) in [6, 6.07) is 4.28. The molecule has 0 amide bonds. The Kier molecular flexibility index (Phi) is 3.05. The summed E-state index contributed by atoms with van der Waals surface area (Å²) in [5.41, 5.74) is 1.04. The number of hydrogen-bond donors (Lipinski definition) is 1. The summed E-state index contributed by atoms with van der Waals surface area (Å²) < 4.78 is 19.4. The van der Waals surface area contributed by atoms with Crippen molar-refractivity contribution >= 4 is 11.0 Å². The molecule has 5 heteroatoms. The van der Waals surface area contributed by atoms with E-state index in [1.807, 2.05) is 0 Å². The van der Waals surface area contributed by atoms with Crippen LogP contribution in [0.4, 0.5) is 4.39 Å². The van der Waals surface area contributed by atoms with Gasteiger partial charge in [0.15, 0.2) is 0 Å². The second-order valence-electron chi connectivity index (χ2n) is 3.59. The van der Waals surface area contributed by atoms with Crippen LogP contribution in [0.25, 0.3) is 11.0 Å². The highest BCUT2D eigenvalue weighted by Gasteiger charge is 2.06. The maximum atomic E-state index is 12.9. The van der Waals surface area contributed by atoms with Gasteiger partial charge in [-0.3, -0.25) is 4.57 Å². The Morgan fingerprint density at radius 3 is 3.06 bits per heavy atom. The number of H-pyrrole nitrogens is 1. The fraction of sp³-hybridized carbons (Fsp3) is 0.364. The fourth-order valence-electron chi connectivity index (χ4n) is 1.72. The van der Waals surface area contributed by atoms with Gasteiger partial charge in [-0.25, -0.2) is 9.18 Å². The number of nitrogens with zero attached hydrogens (tertiary/aromatic N) is 1. The summed E-state index contributed by atoms with van der Waals surface area (Å²) in [6.45, 7) is 1.17. The number of aromatic nitrogens is 2. The fourth-order valence-corrected chi connectivity index (χ4v) is 1.72. The van der Waals surface area contributed by atoms with Crippen LogP contribution in [-0.4, -0.2) is 23.3 Å². The van der Waals surface area contributed by atoms with E-state index in [1.54, 1.807) is 17.7 Å². The molecule has 0 saturated carbocycles. The average molecular weight is 224 g/mol. The molecule has 0 bridgehead atoms. The molecule has 0 aliphatic rings. The van der Waals surface area contributed by atoms with Gasteiger partial charge in [-0.15, -0.1) is 0 Å². The Morgan fingerprint density at radius 1 is 1.50 bits per heavy atom. The van der Waals surface area contributed by atoms with E-state index in [0.29, 0.717) is 18.7 Å². The number of rotatable bonds is 4. The Hall–Kier alpha value is -1.62. The Labute approximate surface area is 91.7 Å². The van der Waals surface area contributed by atoms with Crippen molar-refractivity contribution in [3.05, 3.63) is 34.5 Å². The van der Waals surface area contributed by atoms with E-state index >= 15 is 0 Å². The molecule has 86 valence electrons. The molecule has 0 aliphatic carbocycles. The van der Waals surface area contributed by atoms with Gasteiger partial charge in [-0.1, -0.05) is 0 Å². The monoisotopic (exact) mass is 224 g/mol. The average Bonchev–Trinajstić information content (AvgIpc) is 2.55. The second-order valence-corrected chi connectivity index (χ2v) is 3.59. The molecule has 0 radical (unpaired) electrons. The van der Waals surface area contributed by atoms with Gasteiger partial charge < -0.3 is 9.72 Å². The molecule has 0 fully saturated rings. The van der Waals surface area contributed by atoms with Crippen LogP contribution >= 0.6 is 0 Å². The van der Waals surface area contributed by atoms with E-state index in [9.17, 15) is 9.18 Å². The molecule has 0 saturated heterocycles. The van der Waals surface area contributed by atoms with E-state index in [0.717, 1.165) is 11.9 Å². The molecule has 2 aromatic rings. The number of ether oxygens (including phenoxy) is 1. The molecule has 1 heterocycles. The quantitative estimate of drug-likeness (QED) is 0.800. The van der Waals surface area contributed by atoms with E-state index in [1.165, 1.54) is 12.1 Å². The highest BCUT2D eigenvalue weighted by molar-refractivity contribution is 5.75. The third-order valence-electron chi connectivity index (χ3n) is 2.47. The van der Waals surface area contributed by atoms with Crippen molar-refractivity contribution in [2.75, 3.05) is 13.7 Å². The predicted molar refractivity (Wildman–Crippen MR) is 59.0 cm³/mol. The van der Waals surface area contributed by atoms with Crippen molar-refractivity contribution in [2.45, 2.75) is 13.0 Å². The number of benzene rings is 1. The van der Waals surface area contributed by atoms with Gasteiger partial charge in [-0.05, 0) is 24.6 Å². The SMILES string of the molecule is COCCCn1c(=O)[nH]c2cc(F)ccc21. The molecule has 0 unspecified atom stereocenters. The minimum Gasteiger partial charge on any atom is -0.385 e. The first kappa shape index (κ1) is 10.9. The molecule has 1 N–H and O–H groups in total. The molecule has 4 nitrogen and oxygen atoms in total. The number of imidazole rings is 1. The highest BCUT2D eigenvalue weighted by atomic mass is 19.1. The van der Waals surface area contributed by atoms with Crippen LogP contribution in [0.1, 0.15) is 6.42 Å². The van der Waals surface area contributed by atoms with E-state index in [2.05, 4.69) is 4.98 Å². The standard InChI is InChI=1S/C11H13FN2O2/c1-16-6-2-5-14-10-4-3-8(12)7-9(10)13-11(14)15/h3-4,7H,2,5-6H2,1H3,(H,13,15). The molecule has 0 atom stereocenters. The van der Waals surface area contributed by atoms with Crippen LogP contribution < -0.4 is 5.69 Å². The van der Waals surface area contributed by atoms with Crippen molar-refractivity contribution in [3.8, 4) is 0 Å². The molecular formula is C11H13FN2O2. The number of halogens is 1. The minimum absolute atomic E-state index is 0.211. The molecule has 2 rings (SSSR count). The summed E-state index contributed by atoms with van der Waals surface area (Å²) in [6.07, 6.45) is 0.751. The summed E-state index contributed by atoms with van der Waals surface area (Å²) in [4.78, 5) is 14.2. The lowest BCUT2D eigenvalue weighted by molar-refractivity contribution is 0.190. The first-order valence-corrected chi connectivity index (χ1v) is 5.09. The normalized spacial score (nSPS) is 11.1. The van der Waals surface area contributed by atoms with Crippen LogP contribution in [0.3, 0.4) is 0 Å². The molecule has 0 spiro atoms. The lowest BCUT2D eigenvalue weighted by atomic mass is 10.3. The van der Waals surface area contributed by atoms with Crippen molar-refractivity contribution in [1.29, 1.82) is 0 Å². The molecule has 1 aromatic heterocycles. The summed E-state index contributed by atoms with van der Waals surface area (Å²) in [5, 5.41) is 0. The third-order valence-corrected chi connectivity index (χ3v) is 2.47. The Balaban J connectivity index is 2.36. The minimum atomic E-state index is -0.349. The van der Waals surface area contributed by atoms with E-state index in [-0.39, 0.29) is 11.5 Å². The van der Waals surface area contributed by atoms with Crippen LogP contribution in [0, 0.1) is 5.82 Å². The first-order valence-electron chi connectivity index (χ1n) is 5.09. The Bertz CT molecular complexity index is 544. The van der Waals surface area contributed by atoms with E-state index in [4.69, 9.17) is 4.74 Å². The van der Waals surface area contributed by atoms with Gasteiger partial charge in [0.25, 0.3) is 0 Å². The number of fused-ring (bicyclic) bond motifs is 1. The molecule has 1 aromatic carbocycles. The topological polar surface area (TPSA) is 47.0 Å². The number of aryl methyl sites for hydroxylation is 1. The Morgan fingerprint density at radius 2 is 2.31 bits per heavy atom. The number of hydrogen-bond acceptors (Lipinski definition) is 2. The predicted octanol–water partition coefficient (Wildman–Crippen LogP) is 1.51. The first-order chi connectivity index (χ1) is 7.72. The van der Waals surface area contributed by atoms with Gasteiger partial charge >= 0.3 is 5.69 Å². The van der Waals surface area contributed by atoms with Crippen molar-refractivity contribution in [3.63, 3.8) is 0 Å². The highest BCUT2D eigenvalue weighted by Crippen LogP contribution is 2.11. The smallest absolute Gasteiger partial charge is 0.326 e. The van der Waals surface area contributed by atoms with Gasteiger partial charge in [0.05, 0.1) is 11.0 Å². The largest absolute Gasteiger partial charge is 0.385 e. The lowest BCUT2D eigenvalue weighted by Crippen LogP contribution is -2.17. The summed E-state index contributed by atoms with van der Waals surface area (Å²) >= 11 is 0. The van der Waals surface area contributed by atoms with Crippen LogP contribution in [-0.2, 0) is 11.3 Å². The third kappa shape index (κ3) is 1.99. The van der Waals surface area contributed by atoms with E-state index < -0.39 is 0 Å². The number of methoxy groups -OCH3 is 1. The number of aromatic amines is 1. The second kappa shape index (κ2) is 4.49. The molecule has 0 aliphatic heterocycles. The van der Waals surface area contributed by atoms with Crippen molar-refractivity contribution in [1.82, 2.24) is 9.55 Å². The van der Waals surface area contributed by atoms with Crippen LogP contribution in [0.5, 0.6) is 0 Å². The molecular weight excluding hydrogens is 211 g/mol. The zero-order chi connectivity index (χ0) is 11.5. The van der Waals surface area contributed by atoms with Crippen molar-refractivity contribution in [2.24, 2.45) is 0 Å². The van der Waals surface area contributed by atoms with Crippen LogP contribution in [0.2, 0.25) is 0 Å². The lowest BCUT2D eigenvalue weighted by Gasteiger charge is -2.02. The summed E-state index contributed by atoms with van der Waals surface area (Å²) in [5.74, 6) is -0.349. The summed E-state index contributed by atoms with van der Waals surface area (Å²) in [7, 11) is 1.62. The molecule has 16 heavy (non-hydrogen) atoms.